The van der Waals surface area contributed by atoms with Crippen LogP contribution in [0.25, 0.3) is 0 Å². The van der Waals surface area contributed by atoms with Crippen LogP contribution < -0.4 is 5.32 Å². The average molecular weight is 245 g/mol. The van der Waals surface area contributed by atoms with Crippen molar-refractivity contribution in [2.75, 3.05) is 5.32 Å². The van der Waals surface area contributed by atoms with Crippen molar-refractivity contribution in [2.45, 2.75) is 4.90 Å². The van der Waals surface area contributed by atoms with Crippen molar-refractivity contribution in [3.05, 3.63) is 54.1 Å². The molecule has 0 unspecified atom stereocenters. The Morgan fingerprint density at radius 1 is 1.12 bits per heavy atom. The summed E-state index contributed by atoms with van der Waals surface area (Å²) >= 11 is 4.23. The summed E-state index contributed by atoms with van der Waals surface area (Å²) in [5.41, 5.74) is 1.63. The molecule has 0 radical (unpaired) electrons. The second kappa shape index (κ2) is 4.93. The maximum Gasteiger partial charge on any atom is 0.337 e. The van der Waals surface area contributed by atoms with Crippen molar-refractivity contribution in [3.63, 3.8) is 0 Å². The van der Waals surface area contributed by atoms with Gasteiger partial charge in [-0.3, -0.25) is 0 Å². The second-order valence-electron chi connectivity index (χ2n) is 3.53. The van der Waals surface area contributed by atoms with Crippen LogP contribution in [0.3, 0.4) is 0 Å². The number of thiol groups is 1. The van der Waals surface area contributed by atoms with Crippen LogP contribution in [0.5, 0.6) is 0 Å². The van der Waals surface area contributed by atoms with Gasteiger partial charge in [-0.2, -0.15) is 0 Å². The van der Waals surface area contributed by atoms with E-state index in [0.717, 1.165) is 10.6 Å². The quantitative estimate of drug-likeness (QED) is 0.726. The molecule has 2 aromatic carbocycles. The number of hydrogen-bond donors (Lipinski definition) is 3. The van der Waals surface area contributed by atoms with E-state index >= 15 is 0 Å². The lowest BCUT2D eigenvalue weighted by molar-refractivity contribution is 0.0698. The minimum absolute atomic E-state index is 0.247. The minimum Gasteiger partial charge on any atom is -0.478 e. The molecule has 0 atom stereocenters. The van der Waals surface area contributed by atoms with Crippen LogP contribution in [0.2, 0.25) is 0 Å². The molecule has 0 aliphatic rings. The molecular formula is C13H11NO2S. The van der Waals surface area contributed by atoms with E-state index in [1.165, 1.54) is 0 Å². The van der Waals surface area contributed by atoms with Crippen molar-refractivity contribution in [1.29, 1.82) is 0 Å². The van der Waals surface area contributed by atoms with Crippen LogP contribution in [-0.2, 0) is 0 Å². The summed E-state index contributed by atoms with van der Waals surface area (Å²) in [6, 6.07) is 14.2. The third-order valence-corrected chi connectivity index (χ3v) is 2.56. The first-order valence-corrected chi connectivity index (χ1v) is 5.50. The standard InChI is InChI=1S/C13H11NO2S/c15-13(16)11-6-1-2-7-12(11)14-9-4-3-5-10(17)8-9/h1-8,14,17H,(H,15,16). The smallest absolute Gasteiger partial charge is 0.337 e. The summed E-state index contributed by atoms with van der Waals surface area (Å²) in [7, 11) is 0. The number of para-hydroxylation sites is 1. The monoisotopic (exact) mass is 245 g/mol. The van der Waals surface area contributed by atoms with E-state index in [9.17, 15) is 4.79 Å². The molecule has 0 spiro atoms. The number of benzene rings is 2. The molecule has 0 aromatic heterocycles. The highest BCUT2D eigenvalue weighted by atomic mass is 32.1. The highest BCUT2D eigenvalue weighted by molar-refractivity contribution is 7.80. The summed E-state index contributed by atoms with van der Waals surface area (Å²) in [6.45, 7) is 0. The first-order chi connectivity index (χ1) is 8.16. The number of hydrogen-bond acceptors (Lipinski definition) is 3. The van der Waals surface area contributed by atoms with Crippen LogP contribution in [0.15, 0.2) is 53.4 Å². The van der Waals surface area contributed by atoms with Gasteiger partial charge in [-0.1, -0.05) is 18.2 Å². The number of carbonyl (C=O) groups is 1. The van der Waals surface area contributed by atoms with Crippen molar-refractivity contribution in [3.8, 4) is 0 Å². The zero-order valence-electron chi connectivity index (χ0n) is 8.92. The Bertz CT molecular complexity index is 555. The summed E-state index contributed by atoms with van der Waals surface area (Å²) < 4.78 is 0. The maximum atomic E-state index is 11.0. The summed E-state index contributed by atoms with van der Waals surface area (Å²) in [6.07, 6.45) is 0. The Labute approximate surface area is 105 Å². The predicted octanol–water partition coefficient (Wildman–Crippen LogP) is 3.42. The first kappa shape index (κ1) is 11.5. The Morgan fingerprint density at radius 3 is 2.59 bits per heavy atom. The van der Waals surface area contributed by atoms with Crippen LogP contribution >= 0.6 is 12.6 Å². The molecule has 2 N–H and O–H groups in total. The van der Waals surface area contributed by atoms with Crippen molar-refractivity contribution in [2.24, 2.45) is 0 Å². The largest absolute Gasteiger partial charge is 0.478 e. The van der Waals surface area contributed by atoms with E-state index in [1.807, 2.05) is 24.3 Å². The first-order valence-electron chi connectivity index (χ1n) is 5.05. The van der Waals surface area contributed by atoms with E-state index in [4.69, 9.17) is 5.11 Å². The van der Waals surface area contributed by atoms with Crippen molar-refractivity contribution >= 4 is 30.0 Å². The fourth-order valence-corrected chi connectivity index (χ4v) is 1.74. The van der Waals surface area contributed by atoms with Gasteiger partial charge in [0.1, 0.15) is 0 Å². The fourth-order valence-electron chi connectivity index (χ4n) is 1.52. The molecule has 0 amide bonds. The maximum absolute atomic E-state index is 11.0. The molecule has 2 aromatic rings. The molecule has 0 heterocycles. The molecule has 0 saturated heterocycles. The molecule has 17 heavy (non-hydrogen) atoms. The van der Waals surface area contributed by atoms with Gasteiger partial charge in [-0.25, -0.2) is 4.79 Å². The molecule has 3 nitrogen and oxygen atoms in total. The summed E-state index contributed by atoms with van der Waals surface area (Å²) in [5, 5.41) is 12.1. The number of anilines is 2. The van der Waals surface area contributed by atoms with E-state index in [1.54, 1.807) is 24.3 Å². The number of aromatic carboxylic acids is 1. The highest BCUT2D eigenvalue weighted by Gasteiger charge is 2.08. The molecule has 0 bridgehead atoms. The van der Waals surface area contributed by atoms with Gasteiger partial charge in [-0.15, -0.1) is 12.6 Å². The molecular weight excluding hydrogens is 234 g/mol. The average Bonchev–Trinajstić information content (AvgIpc) is 2.29. The molecule has 86 valence electrons. The number of nitrogens with one attached hydrogen (secondary N) is 1. The Balaban J connectivity index is 2.33. The molecule has 0 aliphatic carbocycles. The minimum atomic E-state index is -0.949. The van der Waals surface area contributed by atoms with Gasteiger partial charge in [0.25, 0.3) is 0 Å². The molecule has 0 saturated carbocycles. The second-order valence-corrected chi connectivity index (χ2v) is 4.04. The Morgan fingerprint density at radius 2 is 1.88 bits per heavy atom. The third-order valence-electron chi connectivity index (χ3n) is 2.28. The van der Waals surface area contributed by atoms with Crippen LogP contribution in [0.1, 0.15) is 10.4 Å². The van der Waals surface area contributed by atoms with E-state index in [0.29, 0.717) is 5.69 Å². The molecule has 2 rings (SSSR count). The van der Waals surface area contributed by atoms with Gasteiger partial charge >= 0.3 is 5.97 Å². The van der Waals surface area contributed by atoms with Crippen LogP contribution in [0, 0.1) is 0 Å². The zero-order chi connectivity index (χ0) is 12.3. The van der Waals surface area contributed by atoms with E-state index in [-0.39, 0.29) is 5.56 Å². The number of rotatable bonds is 3. The molecule has 0 fully saturated rings. The van der Waals surface area contributed by atoms with E-state index < -0.39 is 5.97 Å². The lowest BCUT2D eigenvalue weighted by Gasteiger charge is -2.09. The topological polar surface area (TPSA) is 49.3 Å². The van der Waals surface area contributed by atoms with Gasteiger partial charge in [0, 0.05) is 10.6 Å². The SMILES string of the molecule is O=C(O)c1ccccc1Nc1cccc(S)c1. The van der Waals surface area contributed by atoms with Crippen LogP contribution in [-0.4, -0.2) is 11.1 Å². The third kappa shape index (κ3) is 2.79. The van der Waals surface area contributed by atoms with Crippen molar-refractivity contribution < 1.29 is 9.90 Å². The Hall–Kier alpha value is -1.94. The van der Waals surface area contributed by atoms with Crippen LogP contribution in [0.4, 0.5) is 11.4 Å². The van der Waals surface area contributed by atoms with Crippen molar-refractivity contribution in [1.82, 2.24) is 0 Å². The van der Waals surface area contributed by atoms with Gasteiger partial charge in [-0.05, 0) is 30.3 Å². The predicted molar refractivity (Wildman–Crippen MR) is 70.4 cm³/mol. The lowest BCUT2D eigenvalue weighted by Crippen LogP contribution is -2.02. The lowest BCUT2D eigenvalue weighted by atomic mass is 10.1. The van der Waals surface area contributed by atoms with E-state index in [2.05, 4.69) is 17.9 Å². The number of carboxylic acid groups (broad SMARTS) is 1. The Kier molecular flexibility index (Phi) is 3.35. The van der Waals surface area contributed by atoms with Gasteiger partial charge in [0.05, 0.1) is 11.3 Å². The normalized spacial score (nSPS) is 9.94. The summed E-state index contributed by atoms with van der Waals surface area (Å²) in [5.74, 6) is -0.949. The molecule has 0 aliphatic heterocycles. The highest BCUT2D eigenvalue weighted by Crippen LogP contribution is 2.22. The van der Waals surface area contributed by atoms with Gasteiger partial charge < -0.3 is 10.4 Å². The van der Waals surface area contributed by atoms with Gasteiger partial charge in [0.2, 0.25) is 0 Å². The number of carboxylic acids is 1. The molecule has 4 heteroatoms. The fraction of sp³-hybridized carbons (Fsp3) is 0. The zero-order valence-corrected chi connectivity index (χ0v) is 9.82. The van der Waals surface area contributed by atoms with Gasteiger partial charge in [0.15, 0.2) is 0 Å². The summed E-state index contributed by atoms with van der Waals surface area (Å²) in [4.78, 5) is 11.8.